The second-order valence-corrected chi connectivity index (χ2v) is 11.8. The molecule has 2 aliphatic rings. The fourth-order valence-electron chi connectivity index (χ4n) is 4.11. The van der Waals surface area contributed by atoms with Crippen LogP contribution in [0.5, 0.6) is 0 Å². The van der Waals surface area contributed by atoms with Gasteiger partial charge in [-0.2, -0.15) is 9.29 Å². The summed E-state index contributed by atoms with van der Waals surface area (Å²) < 4.78 is 33.7. The molecule has 1 amide bonds. The molecule has 1 aliphatic carbocycles. The maximum absolute atomic E-state index is 13.5. The molecule has 1 saturated heterocycles. The number of hydrogen-bond donors (Lipinski definition) is 1. The Hall–Kier alpha value is -2.56. The topological polar surface area (TPSA) is 105 Å². The van der Waals surface area contributed by atoms with Crippen molar-refractivity contribution < 1.29 is 17.7 Å². The van der Waals surface area contributed by atoms with E-state index in [1.165, 1.54) is 15.6 Å². The molecular formula is C23H26N4O4S2. The van der Waals surface area contributed by atoms with Crippen LogP contribution in [-0.4, -0.2) is 41.9 Å². The van der Waals surface area contributed by atoms with Crippen molar-refractivity contribution in [3.05, 3.63) is 52.7 Å². The van der Waals surface area contributed by atoms with Crippen LogP contribution in [0.4, 0.5) is 0 Å². The zero-order valence-corrected chi connectivity index (χ0v) is 20.0. The number of carbonyl (C=O) groups excluding carboxylic acids is 1. The van der Waals surface area contributed by atoms with Gasteiger partial charge in [-0.1, -0.05) is 35.5 Å². The van der Waals surface area contributed by atoms with Gasteiger partial charge in [-0.25, -0.2) is 8.42 Å². The van der Waals surface area contributed by atoms with Gasteiger partial charge < -0.3 is 9.84 Å². The number of aromatic nitrogens is 2. The monoisotopic (exact) mass is 486 g/mol. The third-order valence-corrected chi connectivity index (χ3v) is 9.31. The SMILES string of the molecule is Cc1sc(-c2noc(C3CC3)n2)cc1S(=O)(=O)N1CCCC(C(=O)NCc2ccccc2)C1. The predicted octanol–water partition coefficient (Wildman–Crippen LogP) is 3.70. The highest BCUT2D eigenvalue weighted by Crippen LogP contribution is 2.41. The van der Waals surface area contributed by atoms with Crippen LogP contribution < -0.4 is 5.32 Å². The lowest BCUT2D eigenvalue weighted by molar-refractivity contribution is -0.126. The smallest absolute Gasteiger partial charge is 0.244 e. The second-order valence-electron chi connectivity index (χ2n) is 8.67. The number of benzene rings is 1. The van der Waals surface area contributed by atoms with Gasteiger partial charge in [-0.3, -0.25) is 4.79 Å². The summed E-state index contributed by atoms with van der Waals surface area (Å²) in [6, 6.07) is 11.3. The molecule has 10 heteroatoms. The fourth-order valence-corrected chi connectivity index (χ4v) is 7.12. The van der Waals surface area contributed by atoms with Gasteiger partial charge in [-0.15, -0.1) is 11.3 Å². The number of nitrogens with zero attached hydrogens (tertiary/aromatic N) is 3. The van der Waals surface area contributed by atoms with Crippen molar-refractivity contribution in [1.29, 1.82) is 0 Å². The highest BCUT2D eigenvalue weighted by molar-refractivity contribution is 7.89. The Bertz CT molecular complexity index is 1250. The number of sulfonamides is 1. The molecule has 8 nitrogen and oxygen atoms in total. The van der Waals surface area contributed by atoms with E-state index in [0.717, 1.165) is 18.4 Å². The second kappa shape index (κ2) is 9.00. The third kappa shape index (κ3) is 4.73. The van der Waals surface area contributed by atoms with E-state index in [-0.39, 0.29) is 23.3 Å². The molecule has 0 bridgehead atoms. The van der Waals surface area contributed by atoms with Crippen LogP contribution in [0, 0.1) is 12.8 Å². The summed E-state index contributed by atoms with van der Waals surface area (Å²) in [7, 11) is -3.73. The Labute approximate surface area is 197 Å². The van der Waals surface area contributed by atoms with Crippen molar-refractivity contribution in [2.75, 3.05) is 13.1 Å². The predicted molar refractivity (Wildman–Crippen MR) is 124 cm³/mol. The van der Waals surface area contributed by atoms with E-state index in [9.17, 15) is 13.2 Å². The van der Waals surface area contributed by atoms with E-state index in [2.05, 4.69) is 15.5 Å². The van der Waals surface area contributed by atoms with E-state index < -0.39 is 10.0 Å². The van der Waals surface area contributed by atoms with Crippen LogP contribution in [0.3, 0.4) is 0 Å². The van der Waals surface area contributed by atoms with E-state index >= 15 is 0 Å². The molecule has 3 heterocycles. The molecule has 2 aromatic heterocycles. The quantitative estimate of drug-likeness (QED) is 0.546. The third-order valence-electron chi connectivity index (χ3n) is 6.14. The first-order valence-corrected chi connectivity index (χ1v) is 13.4. The number of thiophene rings is 1. The summed E-state index contributed by atoms with van der Waals surface area (Å²) in [5.74, 6) is 0.924. The minimum Gasteiger partial charge on any atom is -0.352 e. The van der Waals surface area contributed by atoms with Crippen molar-refractivity contribution in [1.82, 2.24) is 19.8 Å². The number of aryl methyl sites for hydroxylation is 1. The zero-order valence-electron chi connectivity index (χ0n) is 18.4. The minimum atomic E-state index is -3.73. The fraction of sp³-hybridized carbons (Fsp3) is 0.435. The number of amides is 1. The van der Waals surface area contributed by atoms with Gasteiger partial charge in [0.05, 0.1) is 15.7 Å². The highest BCUT2D eigenvalue weighted by Gasteiger charge is 2.35. The standard InChI is InChI=1S/C23H26N4O4S2/c1-15-20(12-19(32-15)21-25-23(31-26-21)17-9-10-17)33(29,30)27-11-5-8-18(14-27)22(28)24-13-16-6-3-2-4-7-16/h2-4,6-7,12,17-18H,5,8-11,13-14H2,1H3,(H,24,28). The van der Waals surface area contributed by atoms with Gasteiger partial charge in [0.1, 0.15) is 0 Å². The molecule has 33 heavy (non-hydrogen) atoms. The van der Waals surface area contributed by atoms with Crippen LogP contribution in [0.2, 0.25) is 0 Å². The first kappa shape index (κ1) is 22.2. The van der Waals surface area contributed by atoms with E-state index in [4.69, 9.17) is 4.52 Å². The zero-order chi connectivity index (χ0) is 23.0. The Morgan fingerprint density at radius 1 is 1.24 bits per heavy atom. The van der Waals surface area contributed by atoms with Crippen molar-refractivity contribution in [2.45, 2.75) is 50.0 Å². The summed E-state index contributed by atoms with van der Waals surface area (Å²) in [5, 5.41) is 6.99. The van der Waals surface area contributed by atoms with Crippen LogP contribution in [0.15, 0.2) is 45.8 Å². The largest absolute Gasteiger partial charge is 0.352 e. The molecule has 5 rings (SSSR count). The van der Waals surface area contributed by atoms with Crippen molar-refractivity contribution >= 4 is 27.3 Å². The van der Waals surface area contributed by atoms with Gasteiger partial charge in [-0.05, 0) is 44.2 Å². The summed E-state index contributed by atoms with van der Waals surface area (Å²) in [4.78, 5) is 18.8. The minimum absolute atomic E-state index is 0.110. The van der Waals surface area contributed by atoms with Gasteiger partial charge in [0.15, 0.2) is 0 Å². The molecule has 3 aromatic rings. The molecular weight excluding hydrogens is 460 g/mol. The van der Waals surface area contributed by atoms with E-state index in [0.29, 0.717) is 53.3 Å². The lowest BCUT2D eigenvalue weighted by atomic mass is 9.99. The molecule has 1 aliphatic heterocycles. The molecule has 1 unspecified atom stereocenters. The van der Waals surface area contributed by atoms with Crippen LogP contribution in [0.25, 0.3) is 10.7 Å². The Kier molecular flexibility index (Phi) is 6.07. The summed E-state index contributed by atoms with van der Waals surface area (Å²) >= 11 is 1.35. The summed E-state index contributed by atoms with van der Waals surface area (Å²) in [6.07, 6.45) is 3.43. The van der Waals surface area contributed by atoms with Gasteiger partial charge in [0.25, 0.3) is 0 Å². The number of carbonyl (C=O) groups is 1. The van der Waals surface area contributed by atoms with Crippen molar-refractivity contribution in [3.8, 4) is 10.7 Å². The molecule has 1 N–H and O–H groups in total. The number of hydrogen-bond acceptors (Lipinski definition) is 7. The van der Waals surface area contributed by atoms with Gasteiger partial charge in [0, 0.05) is 30.4 Å². The first-order valence-electron chi connectivity index (χ1n) is 11.2. The molecule has 1 atom stereocenters. The van der Waals surface area contributed by atoms with Gasteiger partial charge in [0.2, 0.25) is 27.6 Å². The number of rotatable bonds is 7. The lowest BCUT2D eigenvalue weighted by Crippen LogP contribution is -2.45. The van der Waals surface area contributed by atoms with Crippen LogP contribution in [0.1, 0.15) is 47.9 Å². The molecule has 2 fully saturated rings. The van der Waals surface area contributed by atoms with Crippen molar-refractivity contribution in [2.24, 2.45) is 5.92 Å². The molecule has 0 spiro atoms. The van der Waals surface area contributed by atoms with E-state index in [1.54, 1.807) is 13.0 Å². The van der Waals surface area contributed by atoms with Crippen LogP contribution in [-0.2, 0) is 21.4 Å². The van der Waals surface area contributed by atoms with E-state index in [1.807, 2.05) is 30.3 Å². The maximum Gasteiger partial charge on any atom is 0.244 e. The summed E-state index contributed by atoms with van der Waals surface area (Å²) in [5.41, 5.74) is 1.01. The number of nitrogens with one attached hydrogen (secondary N) is 1. The number of piperidine rings is 1. The molecule has 0 radical (unpaired) electrons. The van der Waals surface area contributed by atoms with Crippen molar-refractivity contribution in [3.63, 3.8) is 0 Å². The Balaban J connectivity index is 1.28. The highest BCUT2D eigenvalue weighted by atomic mass is 32.2. The normalized spacial score (nSPS) is 19.5. The average Bonchev–Trinajstić information content (AvgIpc) is 3.42. The van der Waals surface area contributed by atoms with Gasteiger partial charge >= 0.3 is 0 Å². The average molecular weight is 487 g/mol. The molecule has 1 aromatic carbocycles. The summed E-state index contributed by atoms with van der Waals surface area (Å²) in [6.45, 7) is 2.81. The lowest BCUT2D eigenvalue weighted by Gasteiger charge is -2.31. The Morgan fingerprint density at radius 3 is 2.79 bits per heavy atom. The molecule has 1 saturated carbocycles. The Morgan fingerprint density at radius 2 is 2.03 bits per heavy atom. The first-order chi connectivity index (χ1) is 15.9. The maximum atomic E-state index is 13.5. The van der Waals surface area contributed by atoms with Crippen LogP contribution >= 0.6 is 11.3 Å². The molecule has 174 valence electrons.